The number of imidazole rings is 1. The van der Waals surface area contributed by atoms with Gasteiger partial charge in [0.15, 0.2) is 16.5 Å². The van der Waals surface area contributed by atoms with Crippen LogP contribution in [0.25, 0.3) is 22.1 Å². The van der Waals surface area contributed by atoms with E-state index in [1.54, 1.807) is 18.4 Å². The van der Waals surface area contributed by atoms with E-state index >= 15 is 0 Å². The fraction of sp³-hybridized carbons (Fsp3) is 0.261. The minimum absolute atomic E-state index is 0.0709. The van der Waals surface area contributed by atoms with Crippen LogP contribution >= 0.6 is 27.3 Å². The number of nitrogens with zero attached hydrogens (tertiary/aromatic N) is 2. The number of carbonyl (C=O) groups is 1. The average molecular weight is 519 g/mol. The maximum atomic E-state index is 12.9. The van der Waals surface area contributed by atoms with Crippen molar-refractivity contribution < 1.29 is 19.0 Å². The van der Waals surface area contributed by atoms with E-state index in [2.05, 4.69) is 25.7 Å². The van der Waals surface area contributed by atoms with Crippen molar-refractivity contribution in [3.05, 3.63) is 61.3 Å². The lowest BCUT2D eigenvalue weighted by molar-refractivity contribution is -0.140. The molecule has 4 rings (SSSR count). The number of para-hydroxylation sites is 2. The third kappa shape index (κ3) is 5.11. The number of esters is 1. The summed E-state index contributed by atoms with van der Waals surface area (Å²) in [5.41, 5.74) is 2.42. The third-order valence-corrected chi connectivity index (χ3v) is 6.02. The van der Waals surface area contributed by atoms with Crippen LogP contribution in [-0.4, -0.2) is 35.7 Å². The van der Waals surface area contributed by atoms with Gasteiger partial charge >= 0.3 is 5.97 Å². The van der Waals surface area contributed by atoms with Crippen LogP contribution in [0.15, 0.2) is 45.7 Å². The summed E-state index contributed by atoms with van der Waals surface area (Å²) in [5.74, 6) is 1.08. The van der Waals surface area contributed by atoms with Crippen molar-refractivity contribution in [3.63, 3.8) is 0 Å². The molecule has 0 saturated heterocycles. The van der Waals surface area contributed by atoms with Gasteiger partial charge in [-0.2, -0.15) is 0 Å². The van der Waals surface area contributed by atoms with Crippen LogP contribution in [0.3, 0.4) is 0 Å². The number of carbonyl (C=O) groups excluding carboxylic acids is 1. The Hall–Kier alpha value is -2.91. The second-order valence-corrected chi connectivity index (χ2v) is 8.38. The molecule has 4 aromatic rings. The lowest BCUT2D eigenvalue weighted by atomic mass is 10.2. The Kier molecular flexibility index (Phi) is 7.87. The maximum Gasteiger partial charge on any atom is 0.302 e. The number of thiazole rings is 1. The quantitative estimate of drug-likeness (QED) is 0.368. The fourth-order valence-corrected chi connectivity index (χ4v) is 4.46. The minimum atomic E-state index is -0.211. The molecule has 0 radical (unpaired) electrons. The number of ether oxygens (including phenoxy) is 3. The highest BCUT2D eigenvalue weighted by molar-refractivity contribution is 9.10. The molecule has 0 unspecified atom stereocenters. The summed E-state index contributed by atoms with van der Waals surface area (Å²) in [5, 5.41) is 0. The van der Waals surface area contributed by atoms with Crippen molar-refractivity contribution in [3.8, 4) is 11.5 Å². The molecule has 2 heterocycles. The highest BCUT2D eigenvalue weighted by Gasteiger charge is 2.12. The van der Waals surface area contributed by atoms with Crippen LogP contribution in [0.1, 0.15) is 26.3 Å². The normalized spacial score (nSPS) is 11.3. The predicted octanol–water partition coefficient (Wildman–Crippen LogP) is 4.20. The monoisotopic (exact) mass is 518 g/mol. The molecule has 2 aromatic heterocycles. The highest BCUT2D eigenvalue weighted by Crippen LogP contribution is 2.34. The Balaban J connectivity index is 0.000000427. The lowest BCUT2D eigenvalue weighted by Crippen LogP contribution is -2.22. The van der Waals surface area contributed by atoms with E-state index in [1.807, 2.05) is 49.4 Å². The van der Waals surface area contributed by atoms with E-state index in [-0.39, 0.29) is 11.5 Å². The number of halogens is 1. The van der Waals surface area contributed by atoms with Crippen molar-refractivity contribution >= 4 is 55.3 Å². The van der Waals surface area contributed by atoms with Crippen molar-refractivity contribution in [2.45, 2.75) is 20.8 Å². The average Bonchev–Trinajstić information content (AvgIpc) is 3.26. The zero-order chi connectivity index (χ0) is 23.3. The Labute approximate surface area is 197 Å². The Morgan fingerprint density at radius 1 is 1.19 bits per heavy atom. The molecule has 0 spiro atoms. The van der Waals surface area contributed by atoms with Gasteiger partial charge in [-0.25, -0.2) is 9.38 Å². The van der Waals surface area contributed by atoms with Crippen LogP contribution in [0, 0.1) is 0 Å². The third-order valence-electron chi connectivity index (χ3n) is 4.36. The molecule has 0 atom stereocenters. The molecular formula is C23H23BrN2O5S. The van der Waals surface area contributed by atoms with Gasteiger partial charge in [0.2, 0.25) is 0 Å². The predicted molar refractivity (Wildman–Crippen MR) is 130 cm³/mol. The molecule has 0 amide bonds. The summed E-state index contributed by atoms with van der Waals surface area (Å²) in [7, 11) is 1.60. The van der Waals surface area contributed by atoms with Crippen LogP contribution in [0.5, 0.6) is 11.5 Å². The molecule has 168 valence electrons. The standard InChI is InChI=1S/C19H15BrN2O3S.C4H8O2/c1-3-25-16-10-12(20)11(8-15(16)24-2)9-17-18(23)22-14-7-5-4-6-13(14)21-19(22)26-17;1-3-6-4(2)5/h4-10H,3H2,1-2H3;3H2,1-2H3/b17-9+;. The first kappa shape index (κ1) is 23.7. The van der Waals surface area contributed by atoms with Gasteiger partial charge in [-0.1, -0.05) is 39.4 Å². The van der Waals surface area contributed by atoms with E-state index in [1.165, 1.54) is 18.3 Å². The van der Waals surface area contributed by atoms with Gasteiger partial charge in [-0.15, -0.1) is 0 Å². The maximum absolute atomic E-state index is 12.9. The van der Waals surface area contributed by atoms with E-state index in [4.69, 9.17) is 9.47 Å². The Morgan fingerprint density at radius 2 is 1.94 bits per heavy atom. The van der Waals surface area contributed by atoms with Gasteiger partial charge < -0.3 is 14.2 Å². The van der Waals surface area contributed by atoms with Gasteiger partial charge in [0, 0.05) is 11.4 Å². The van der Waals surface area contributed by atoms with E-state index in [9.17, 15) is 9.59 Å². The summed E-state index contributed by atoms with van der Waals surface area (Å²) in [6.07, 6.45) is 1.85. The Bertz CT molecular complexity index is 1360. The molecule has 0 fully saturated rings. The van der Waals surface area contributed by atoms with Gasteiger partial charge in [-0.3, -0.25) is 9.59 Å². The first-order valence-electron chi connectivity index (χ1n) is 9.95. The van der Waals surface area contributed by atoms with Gasteiger partial charge in [0.25, 0.3) is 5.56 Å². The number of hydrogen-bond acceptors (Lipinski definition) is 7. The number of fused-ring (bicyclic) bond motifs is 3. The van der Waals surface area contributed by atoms with Gasteiger partial charge in [-0.05, 0) is 49.8 Å². The summed E-state index contributed by atoms with van der Waals surface area (Å²) >= 11 is 4.92. The first-order valence-corrected chi connectivity index (χ1v) is 11.6. The van der Waals surface area contributed by atoms with Crippen molar-refractivity contribution in [2.24, 2.45) is 0 Å². The van der Waals surface area contributed by atoms with Crippen molar-refractivity contribution in [2.75, 3.05) is 20.3 Å². The van der Waals surface area contributed by atoms with Crippen molar-refractivity contribution in [1.29, 1.82) is 0 Å². The molecule has 9 heteroatoms. The second-order valence-electron chi connectivity index (χ2n) is 6.52. The molecule has 7 nitrogen and oxygen atoms in total. The molecule has 0 bridgehead atoms. The molecule has 0 saturated carbocycles. The van der Waals surface area contributed by atoms with E-state index in [0.717, 1.165) is 21.1 Å². The number of hydrogen-bond donors (Lipinski definition) is 0. The number of aromatic nitrogens is 2. The van der Waals surface area contributed by atoms with Gasteiger partial charge in [0.1, 0.15) is 0 Å². The Morgan fingerprint density at radius 3 is 2.56 bits per heavy atom. The lowest BCUT2D eigenvalue weighted by Gasteiger charge is -2.11. The molecule has 32 heavy (non-hydrogen) atoms. The first-order chi connectivity index (χ1) is 15.4. The zero-order valence-electron chi connectivity index (χ0n) is 18.2. The summed E-state index contributed by atoms with van der Waals surface area (Å²) in [6, 6.07) is 11.3. The summed E-state index contributed by atoms with van der Waals surface area (Å²) in [6.45, 7) is 6.12. The van der Waals surface area contributed by atoms with Crippen LogP contribution in [0.2, 0.25) is 0 Å². The van der Waals surface area contributed by atoms with Crippen LogP contribution in [-0.2, 0) is 9.53 Å². The smallest absolute Gasteiger partial charge is 0.302 e. The summed E-state index contributed by atoms with van der Waals surface area (Å²) < 4.78 is 18.5. The number of methoxy groups -OCH3 is 1. The number of rotatable bonds is 5. The minimum Gasteiger partial charge on any atom is -0.493 e. The topological polar surface area (TPSA) is 79.1 Å². The second kappa shape index (κ2) is 10.6. The largest absolute Gasteiger partial charge is 0.493 e. The molecule has 0 aliphatic heterocycles. The molecule has 0 aliphatic rings. The SMILES string of the molecule is CCOC(C)=O.CCOc1cc(Br)c(/C=c2/sc3nc4ccccc4n3c2=O)cc1OC. The van der Waals surface area contributed by atoms with Crippen LogP contribution < -0.4 is 19.6 Å². The van der Waals surface area contributed by atoms with E-state index < -0.39 is 0 Å². The molecule has 0 N–H and O–H groups in total. The number of benzene rings is 2. The molecular weight excluding hydrogens is 496 g/mol. The molecule has 2 aromatic carbocycles. The van der Waals surface area contributed by atoms with Crippen LogP contribution in [0.4, 0.5) is 0 Å². The van der Waals surface area contributed by atoms with Gasteiger partial charge in [0.05, 0.1) is 35.9 Å². The highest BCUT2D eigenvalue weighted by atomic mass is 79.9. The zero-order valence-corrected chi connectivity index (χ0v) is 20.6. The van der Waals surface area contributed by atoms with Crippen molar-refractivity contribution in [1.82, 2.24) is 9.38 Å². The summed E-state index contributed by atoms with van der Waals surface area (Å²) in [4.78, 5) is 27.9. The van der Waals surface area contributed by atoms with E-state index in [0.29, 0.717) is 34.2 Å². The molecule has 0 aliphatic carbocycles. The fourth-order valence-electron chi connectivity index (χ4n) is 3.05.